The fourth-order valence-electron chi connectivity index (χ4n) is 16.7. The molecule has 5 fully saturated rings. The molecule has 0 aromatic rings. The van der Waals surface area contributed by atoms with Gasteiger partial charge in [0.05, 0.1) is 0 Å². The summed E-state index contributed by atoms with van der Waals surface area (Å²) in [7, 11) is 0. The highest BCUT2D eigenvalue weighted by Gasteiger charge is 2.46. The Balaban J connectivity index is 0.000000444. The summed E-state index contributed by atoms with van der Waals surface area (Å²) in [4.78, 5) is 0. The monoisotopic (exact) mass is 995 g/mol. The van der Waals surface area contributed by atoms with Gasteiger partial charge in [-0.25, -0.2) is 0 Å². The van der Waals surface area contributed by atoms with Crippen LogP contribution in [0.1, 0.15) is 325 Å². The maximum absolute atomic E-state index is 2.47. The van der Waals surface area contributed by atoms with Crippen molar-refractivity contribution in [2.24, 2.45) is 131 Å². The van der Waals surface area contributed by atoms with E-state index in [9.17, 15) is 0 Å². The van der Waals surface area contributed by atoms with Crippen LogP contribution in [0.2, 0.25) is 0 Å². The molecule has 0 nitrogen and oxygen atoms in total. The van der Waals surface area contributed by atoms with Crippen molar-refractivity contribution in [2.45, 2.75) is 325 Å². The van der Waals surface area contributed by atoms with Crippen LogP contribution >= 0.6 is 0 Å². The molecule has 5 aliphatic rings. The molecule has 5 aliphatic carbocycles. The molecule has 0 aromatic carbocycles. The number of rotatable bonds is 0. The Morgan fingerprint density at radius 3 is 0.690 bits per heavy atom. The molecule has 71 heavy (non-hydrogen) atoms. The van der Waals surface area contributed by atoms with Crippen LogP contribution in [-0.4, -0.2) is 0 Å². The molecule has 426 valence electrons. The summed E-state index contributed by atoms with van der Waals surface area (Å²) in [6.07, 6.45) is 21.7. The topological polar surface area (TPSA) is 0 Å². The summed E-state index contributed by atoms with van der Waals surface area (Å²) in [5.74, 6) is 11.9. The van der Waals surface area contributed by atoms with Crippen molar-refractivity contribution in [3.05, 3.63) is 0 Å². The van der Waals surface area contributed by atoms with E-state index in [0.29, 0.717) is 54.1 Å². The van der Waals surface area contributed by atoms with E-state index in [1.165, 1.54) is 96.3 Å². The zero-order chi connectivity index (χ0) is 56.1. The average molecular weight is 996 g/mol. The lowest BCUT2D eigenvalue weighted by Gasteiger charge is -2.50. The third-order valence-electron chi connectivity index (χ3n) is 20.4. The molecule has 0 aromatic heterocycles. The van der Waals surface area contributed by atoms with Crippen LogP contribution in [0, 0.1) is 131 Å². The van der Waals surface area contributed by atoms with Gasteiger partial charge in [0.15, 0.2) is 0 Å². The van der Waals surface area contributed by atoms with Gasteiger partial charge in [-0.1, -0.05) is 267 Å². The van der Waals surface area contributed by atoms with Gasteiger partial charge in [-0.05, 0) is 189 Å². The Hall–Kier alpha value is 0. The highest BCUT2D eigenvalue weighted by Crippen LogP contribution is 2.55. The van der Waals surface area contributed by atoms with E-state index < -0.39 is 0 Å². The van der Waals surface area contributed by atoms with Crippen LogP contribution in [0.4, 0.5) is 0 Å². The normalized spacial score (nSPS) is 33.0. The molecule has 0 saturated heterocycles. The Morgan fingerprint density at radius 2 is 0.423 bits per heavy atom. The van der Waals surface area contributed by atoms with Crippen LogP contribution in [0.5, 0.6) is 0 Å². The minimum Gasteiger partial charge on any atom is -0.0625 e. The molecule has 0 heterocycles. The van der Waals surface area contributed by atoms with E-state index in [0.717, 1.165) is 76.9 Å². The van der Waals surface area contributed by atoms with Crippen LogP contribution in [0.15, 0.2) is 0 Å². The molecule has 5 saturated carbocycles. The van der Waals surface area contributed by atoms with E-state index in [4.69, 9.17) is 0 Å². The fraction of sp³-hybridized carbons (Fsp3) is 1.00. The van der Waals surface area contributed by atoms with Crippen molar-refractivity contribution in [3.8, 4) is 0 Å². The second kappa shape index (κ2) is 25.6. The van der Waals surface area contributed by atoms with Crippen molar-refractivity contribution >= 4 is 0 Å². The lowest BCUT2D eigenvalue weighted by atomic mass is 9.56. The predicted octanol–water partition coefficient (Wildman–Crippen LogP) is 24.4. The van der Waals surface area contributed by atoms with Crippen LogP contribution in [0.25, 0.3) is 0 Å². The highest BCUT2D eigenvalue weighted by atomic mass is 14.5. The van der Waals surface area contributed by atoms with Crippen LogP contribution in [0.3, 0.4) is 0 Å². The molecular weight excluding hydrogens is 853 g/mol. The van der Waals surface area contributed by atoms with Gasteiger partial charge in [-0.15, -0.1) is 0 Å². The fourth-order valence-corrected chi connectivity index (χ4v) is 16.7. The van der Waals surface area contributed by atoms with Gasteiger partial charge in [0, 0.05) is 0 Å². The van der Waals surface area contributed by atoms with Crippen molar-refractivity contribution < 1.29 is 0 Å². The van der Waals surface area contributed by atoms with E-state index in [1.807, 2.05) is 0 Å². The first-order chi connectivity index (χ1) is 31.3. The Morgan fingerprint density at radius 1 is 0.197 bits per heavy atom. The summed E-state index contributed by atoms with van der Waals surface area (Å²) in [5, 5.41) is 0. The smallest absolute Gasteiger partial charge is 0.0306 e. The maximum Gasteiger partial charge on any atom is -0.0306 e. The van der Waals surface area contributed by atoms with Crippen LogP contribution < -0.4 is 0 Å². The van der Waals surface area contributed by atoms with Crippen molar-refractivity contribution in [1.29, 1.82) is 0 Å². The zero-order valence-electron chi connectivity index (χ0n) is 56.1. The maximum atomic E-state index is 2.47. The molecule has 12 unspecified atom stereocenters. The predicted molar refractivity (Wildman–Crippen MR) is 326 cm³/mol. The van der Waals surface area contributed by atoms with E-state index in [2.05, 4.69) is 228 Å². The second-order valence-corrected chi connectivity index (χ2v) is 37.3. The molecule has 0 spiro atoms. The summed E-state index contributed by atoms with van der Waals surface area (Å²) >= 11 is 0. The summed E-state index contributed by atoms with van der Waals surface area (Å²) < 4.78 is 0. The van der Waals surface area contributed by atoms with E-state index in [1.54, 1.807) is 0 Å². The van der Waals surface area contributed by atoms with Gasteiger partial charge in [0.25, 0.3) is 0 Å². The van der Waals surface area contributed by atoms with Crippen LogP contribution in [-0.2, 0) is 0 Å². The standard InChI is InChI=1S/2C15H30.2C14H28.C13H26/c1-11-8-9-12(14(2,3)4)13(10-11)15(5,6)7;1-11-9-8-10-12(14(2,3)4)13(11)15(5,6)7;1-10-8-11(13(2,3)4)12(9-10)14(5,6)7;1-13(2,3)11-9-7-8-10-12(11)14(4,5)6;1-12(2,3)10-8-7-9-11(10)13(4,5)6/h2*11-13H,8-10H2,1-7H3;10-12H,8-9H2,1-7H3;11-12H,7-10H2,1-6H3;10-11H,7-9H2,1-6H3. The highest BCUT2D eigenvalue weighted by molar-refractivity contribution is 4.96. The SMILES string of the molecule is CC(C)(C)C1CCCC1C(C)(C)C.CC(C)(C)C1CCCCC1C(C)(C)C.CC1CC(C(C)(C)C)C(C(C)(C)C)C1.CC1CCC(C(C)(C)C)C(C(C)(C)C)C1.CC1CCCC(C(C)(C)C)C1C(C)(C)C. The first-order valence-electron chi connectivity index (χ1n) is 31.3. The van der Waals surface area contributed by atoms with Gasteiger partial charge in [-0.2, -0.15) is 0 Å². The second-order valence-electron chi connectivity index (χ2n) is 37.3. The molecule has 0 amide bonds. The molecule has 0 N–H and O–H groups in total. The minimum atomic E-state index is 0.470. The van der Waals surface area contributed by atoms with E-state index in [-0.39, 0.29) is 0 Å². The average Bonchev–Trinajstić information content (AvgIpc) is 3.82. The van der Waals surface area contributed by atoms with Gasteiger partial charge in [0.2, 0.25) is 0 Å². The third-order valence-corrected chi connectivity index (χ3v) is 20.4. The summed E-state index contributed by atoms with van der Waals surface area (Å²) in [6.45, 7) is 79.8. The zero-order valence-corrected chi connectivity index (χ0v) is 56.1. The lowest BCUT2D eigenvalue weighted by molar-refractivity contribution is -0.00416. The van der Waals surface area contributed by atoms with Crippen molar-refractivity contribution in [3.63, 3.8) is 0 Å². The third kappa shape index (κ3) is 22.5. The molecule has 0 bridgehead atoms. The molecular formula is C71H142. The summed E-state index contributed by atoms with van der Waals surface area (Å²) in [5.41, 5.74) is 4.90. The largest absolute Gasteiger partial charge is 0.0625 e. The first kappa shape index (κ1) is 69.0. The molecule has 0 aliphatic heterocycles. The molecule has 12 atom stereocenters. The van der Waals surface area contributed by atoms with Gasteiger partial charge in [-0.3, -0.25) is 0 Å². The molecule has 0 radical (unpaired) electrons. The minimum absolute atomic E-state index is 0.470. The van der Waals surface area contributed by atoms with Crippen molar-refractivity contribution in [1.82, 2.24) is 0 Å². The number of hydrogen-bond acceptors (Lipinski definition) is 0. The lowest BCUT2D eigenvalue weighted by Crippen LogP contribution is -2.42. The Labute approximate surface area is 453 Å². The quantitative estimate of drug-likeness (QED) is 0.227. The number of hydrogen-bond donors (Lipinski definition) is 0. The molecule has 5 rings (SSSR count). The van der Waals surface area contributed by atoms with Gasteiger partial charge in [0.1, 0.15) is 0 Å². The van der Waals surface area contributed by atoms with Gasteiger partial charge < -0.3 is 0 Å². The summed E-state index contributed by atoms with van der Waals surface area (Å²) in [6, 6.07) is 0. The van der Waals surface area contributed by atoms with Crippen molar-refractivity contribution in [2.75, 3.05) is 0 Å². The molecule has 0 heteroatoms. The van der Waals surface area contributed by atoms with E-state index >= 15 is 0 Å². The Kier molecular flexibility index (Phi) is 24.9. The first-order valence-corrected chi connectivity index (χ1v) is 31.3. The van der Waals surface area contributed by atoms with Gasteiger partial charge >= 0.3 is 0 Å². The Bertz CT molecular complexity index is 1360.